The number of carbonyl (C=O) groups is 1. The first-order valence-corrected chi connectivity index (χ1v) is 8.42. The van der Waals surface area contributed by atoms with E-state index in [9.17, 15) is 9.18 Å². The summed E-state index contributed by atoms with van der Waals surface area (Å²) in [6.45, 7) is 0. The Labute approximate surface area is 151 Å². The van der Waals surface area contributed by atoms with Crippen molar-refractivity contribution in [3.05, 3.63) is 68.8 Å². The third-order valence-corrected chi connectivity index (χ3v) is 5.16. The molecule has 2 nitrogen and oxygen atoms in total. The zero-order valence-corrected chi connectivity index (χ0v) is 14.6. The van der Waals surface area contributed by atoms with Crippen molar-refractivity contribution >= 4 is 69.2 Å². The molecule has 0 saturated carbocycles. The maximum absolute atomic E-state index is 12.9. The van der Waals surface area contributed by atoms with Gasteiger partial charge in [-0.05, 0) is 42.0 Å². The van der Waals surface area contributed by atoms with E-state index in [1.54, 1.807) is 36.4 Å². The molecule has 1 aliphatic heterocycles. The molecule has 7 heteroatoms. The van der Waals surface area contributed by atoms with Crippen LogP contribution in [0.25, 0.3) is 6.08 Å². The highest BCUT2D eigenvalue weighted by atomic mass is 35.5. The number of anilines is 1. The summed E-state index contributed by atoms with van der Waals surface area (Å²) in [6, 6.07) is 10.8. The van der Waals surface area contributed by atoms with Crippen molar-refractivity contribution in [2.75, 3.05) is 4.90 Å². The molecule has 0 radical (unpaired) electrons. The zero-order chi connectivity index (χ0) is 16.6. The zero-order valence-electron chi connectivity index (χ0n) is 11.4. The van der Waals surface area contributed by atoms with E-state index < -0.39 is 0 Å². The molecule has 0 N–H and O–H groups in total. The molecule has 0 spiro atoms. The fourth-order valence-electron chi connectivity index (χ4n) is 2.02. The minimum absolute atomic E-state index is 0.247. The van der Waals surface area contributed by atoms with Crippen LogP contribution >= 0.6 is 47.2 Å². The Balaban J connectivity index is 1.93. The highest BCUT2D eigenvalue weighted by molar-refractivity contribution is 8.27. The van der Waals surface area contributed by atoms with Gasteiger partial charge >= 0.3 is 0 Å². The molecular weight excluding hydrogens is 376 g/mol. The first kappa shape index (κ1) is 16.5. The van der Waals surface area contributed by atoms with E-state index in [0.717, 1.165) is 5.56 Å². The number of hydrogen-bond acceptors (Lipinski definition) is 3. The van der Waals surface area contributed by atoms with Crippen LogP contribution < -0.4 is 4.90 Å². The van der Waals surface area contributed by atoms with Gasteiger partial charge in [-0.1, -0.05) is 59.3 Å². The van der Waals surface area contributed by atoms with E-state index in [2.05, 4.69) is 0 Å². The monoisotopic (exact) mass is 383 g/mol. The minimum atomic E-state index is -0.328. The van der Waals surface area contributed by atoms with Crippen molar-refractivity contribution in [2.45, 2.75) is 0 Å². The summed E-state index contributed by atoms with van der Waals surface area (Å²) >= 11 is 18.4. The van der Waals surface area contributed by atoms with Gasteiger partial charge in [0.05, 0.1) is 20.6 Å². The molecule has 1 aliphatic rings. The number of benzene rings is 2. The Kier molecular flexibility index (Phi) is 4.73. The Morgan fingerprint density at radius 1 is 1.09 bits per heavy atom. The van der Waals surface area contributed by atoms with Crippen LogP contribution in [0.15, 0.2) is 47.4 Å². The van der Waals surface area contributed by atoms with Gasteiger partial charge in [0.2, 0.25) is 0 Å². The molecule has 3 rings (SSSR count). The summed E-state index contributed by atoms with van der Waals surface area (Å²) in [5, 5.41) is 0.753. The lowest BCUT2D eigenvalue weighted by Gasteiger charge is -2.15. The summed E-state index contributed by atoms with van der Waals surface area (Å²) in [4.78, 5) is 14.4. The van der Waals surface area contributed by atoms with Crippen LogP contribution in [-0.4, -0.2) is 10.2 Å². The second-order valence-corrected chi connectivity index (χ2v) is 7.16. The first-order chi connectivity index (χ1) is 11.0. The molecule has 0 unspecified atom stereocenters. The van der Waals surface area contributed by atoms with Gasteiger partial charge in [-0.2, -0.15) is 0 Å². The van der Waals surface area contributed by atoms with Crippen molar-refractivity contribution in [2.24, 2.45) is 0 Å². The second-order valence-electron chi connectivity index (χ2n) is 4.67. The van der Waals surface area contributed by atoms with Crippen molar-refractivity contribution < 1.29 is 9.18 Å². The number of hydrogen-bond donors (Lipinski definition) is 0. The van der Waals surface area contributed by atoms with Gasteiger partial charge in [-0.3, -0.25) is 9.69 Å². The number of thioether (sulfide) groups is 1. The fourth-order valence-corrected chi connectivity index (χ4v) is 3.62. The lowest BCUT2D eigenvalue weighted by Crippen LogP contribution is -2.27. The van der Waals surface area contributed by atoms with Gasteiger partial charge in [0, 0.05) is 0 Å². The van der Waals surface area contributed by atoms with Crippen LogP contribution in [0.4, 0.5) is 10.1 Å². The Hall–Kier alpha value is -1.40. The summed E-state index contributed by atoms with van der Waals surface area (Å²) in [6.07, 6.45) is 1.68. The summed E-state index contributed by atoms with van der Waals surface area (Å²) < 4.78 is 13.4. The van der Waals surface area contributed by atoms with E-state index in [1.807, 2.05) is 0 Å². The Morgan fingerprint density at radius 3 is 2.43 bits per heavy atom. The molecule has 2 aromatic carbocycles. The molecule has 1 heterocycles. The van der Waals surface area contributed by atoms with E-state index in [4.69, 9.17) is 35.4 Å². The average Bonchev–Trinajstić information content (AvgIpc) is 2.79. The van der Waals surface area contributed by atoms with E-state index >= 15 is 0 Å². The topological polar surface area (TPSA) is 20.3 Å². The van der Waals surface area contributed by atoms with Crippen LogP contribution in [0.5, 0.6) is 0 Å². The molecule has 116 valence electrons. The molecule has 1 amide bonds. The number of nitrogens with zero attached hydrogens (tertiary/aromatic N) is 1. The maximum Gasteiger partial charge on any atom is 0.270 e. The smallest absolute Gasteiger partial charge is 0.268 e. The van der Waals surface area contributed by atoms with Gasteiger partial charge in [-0.25, -0.2) is 4.39 Å². The van der Waals surface area contributed by atoms with Gasteiger partial charge in [0.1, 0.15) is 5.82 Å². The number of rotatable bonds is 2. The Bertz CT molecular complexity index is 836. The van der Waals surface area contributed by atoms with Crippen LogP contribution in [-0.2, 0) is 4.79 Å². The standard InChI is InChI=1S/C16H8Cl2FNOS2/c17-12-6-5-11(8-13(12)18)20-15(21)14(23-16(20)22)7-9-1-3-10(19)4-2-9/h1-8H. The molecule has 0 aromatic heterocycles. The third-order valence-electron chi connectivity index (χ3n) is 3.12. The number of halogens is 3. The summed E-state index contributed by atoms with van der Waals surface area (Å²) in [5.74, 6) is -0.576. The van der Waals surface area contributed by atoms with Gasteiger partial charge in [-0.15, -0.1) is 0 Å². The van der Waals surface area contributed by atoms with Gasteiger partial charge in [0.15, 0.2) is 4.32 Å². The minimum Gasteiger partial charge on any atom is -0.268 e. The number of carbonyl (C=O) groups excluding carboxylic acids is 1. The van der Waals surface area contributed by atoms with E-state index in [0.29, 0.717) is 25.0 Å². The molecule has 0 atom stereocenters. The van der Waals surface area contributed by atoms with Gasteiger partial charge < -0.3 is 0 Å². The molecular formula is C16H8Cl2FNOS2. The predicted octanol–water partition coefficient (Wildman–Crippen LogP) is 5.54. The first-order valence-electron chi connectivity index (χ1n) is 6.44. The SMILES string of the molecule is O=C1C(=Cc2ccc(F)cc2)SC(=S)N1c1ccc(Cl)c(Cl)c1. The van der Waals surface area contributed by atoms with Crippen molar-refractivity contribution in [1.29, 1.82) is 0 Å². The number of amides is 1. The predicted molar refractivity (Wildman–Crippen MR) is 98.5 cm³/mol. The highest BCUT2D eigenvalue weighted by Crippen LogP contribution is 2.37. The van der Waals surface area contributed by atoms with E-state index in [-0.39, 0.29) is 11.7 Å². The molecule has 2 aromatic rings. The van der Waals surface area contributed by atoms with E-state index in [1.165, 1.54) is 28.8 Å². The molecule has 0 bridgehead atoms. The highest BCUT2D eigenvalue weighted by Gasteiger charge is 2.33. The van der Waals surface area contributed by atoms with Crippen LogP contribution in [0, 0.1) is 5.82 Å². The van der Waals surface area contributed by atoms with Crippen LogP contribution in [0.1, 0.15) is 5.56 Å². The lowest BCUT2D eigenvalue weighted by molar-refractivity contribution is -0.113. The number of thiocarbonyl (C=S) groups is 1. The largest absolute Gasteiger partial charge is 0.270 e. The maximum atomic E-state index is 12.9. The quantitative estimate of drug-likeness (QED) is 0.501. The van der Waals surface area contributed by atoms with Crippen molar-refractivity contribution in [3.8, 4) is 0 Å². The van der Waals surface area contributed by atoms with Crippen LogP contribution in [0.2, 0.25) is 10.0 Å². The third kappa shape index (κ3) is 3.43. The second kappa shape index (κ2) is 6.61. The normalized spacial score (nSPS) is 16.5. The average molecular weight is 384 g/mol. The molecule has 1 fully saturated rings. The van der Waals surface area contributed by atoms with Crippen molar-refractivity contribution in [1.82, 2.24) is 0 Å². The molecule has 0 aliphatic carbocycles. The summed E-state index contributed by atoms with van der Waals surface area (Å²) in [7, 11) is 0. The fraction of sp³-hybridized carbons (Fsp3) is 0. The lowest BCUT2D eigenvalue weighted by atomic mass is 10.2. The van der Waals surface area contributed by atoms with Crippen molar-refractivity contribution in [3.63, 3.8) is 0 Å². The molecule has 23 heavy (non-hydrogen) atoms. The summed E-state index contributed by atoms with van der Waals surface area (Å²) in [5.41, 5.74) is 1.28. The molecule has 1 saturated heterocycles. The Morgan fingerprint density at radius 2 is 1.78 bits per heavy atom. The van der Waals surface area contributed by atoms with Gasteiger partial charge in [0.25, 0.3) is 5.91 Å². The van der Waals surface area contributed by atoms with Crippen LogP contribution in [0.3, 0.4) is 0 Å².